The molecule has 2 N–H and O–H groups in total. The SMILES string of the molecule is CN1CCC(C#N)(NCC(=O)C(CC2CCCCC2)N=C(NC(=O)OC2CCCCC2)N2CCOCC2)CC1. The summed E-state index contributed by atoms with van der Waals surface area (Å²) in [4.78, 5) is 35.8. The molecule has 2 heterocycles. The van der Waals surface area contributed by atoms with Crippen LogP contribution in [0.4, 0.5) is 4.79 Å². The van der Waals surface area contributed by atoms with Gasteiger partial charge < -0.3 is 19.3 Å². The zero-order valence-corrected chi connectivity index (χ0v) is 23.8. The van der Waals surface area contributed by atoms with E-state index in [-0.39, 0.29) is 18.4 Å². The molecule has 218 valence electrons. The van der Waals surface area contributed by atoms with E-state index in [4.69, 9.17) is 14.5 Å². The molecule has 2 aliphatic carbocycles. The molecule has 1 atom stereocenters. The first-order chi connectivity index (χ1) is 19.0. The number of aliphatic imine (C=N–C) groups is 1. The van der Waals surface area contributed by atoms with Crippen LogP contribution in [0.3, 0.4) is 0 Å². The number of ether oxygens (including phenoxy) is 2. The van der Waals surface area contributed by atoms with Gasteiger partial charge in [-0.05, 0) is 57.9 Å². The molecule has 4 fully saturated rings. The van der Waals surface area contributed by atoms with Crippen molar-refractivity contribution in [2.75, 3.05) is 53.0 Å². The number of nitriles is 1. The predicted octanol–water partition coefficient (Wildman–Crippen LogP) is 3.22. The van der Waals surface area contributed by atoms with Crippen LogP contribution in [0.1, 0.15) is 83.5 Å². The molecular weight excluding hydrogens is 496 g/mol. The van der Waals surface area contributed by atoms with E-state index in [0.29, 0.717) is 57.4 Å². The largest absolute Gasteiger partial charge is 0.446 e. The lowest BCUT2D eigenvalue weighted by Crippen LogP contribution is -2.54. The molecule has 39 heavy (non-hydrogen) atoms. The number of guanidine groups is 1. The van der Waals surface area contributed by atoms with E-state index in [0.717, 1.165) is 51.6 Å². The summed E-state index contributed by atoms with van der Waals surface area (Å²) in [6, 6.07) is 1.86. The van der Waals surface area contributed by atoms with Gasteiger partial charge in [-0.15, -0.1) is 0 Å². The van der Waals surface area contributed by atoms with Crippen LogP contribution >= 0.6 is 0 Å². The van der Waals surface area contributed by atoms with Gasteiger partial charge >= 0.3 is 6.09 Å². The van der Waals surface area contributed by atoms with Crippen molar-refractivity contribution in [3.63, 3.8) is 0 Å². The van der Waals surface area contributed by atoms with Crippen molar-refractivity contribution in [2.24, 2.45) is 10.9 Å². The Morgan fingerprint density at radius 2 is 1.67 bits per heavy atom. The van der Waals surface area contributed by atoms with E-state index in [1.807, 2.05) is 4.90 Å². The number of hydrogen-bond acceptors (Lipinski definition) is 8. The molecule has 2 saturated carbocycles. The van der Waals surface area contributed by atoms with Gasteiger partial charge in [0, 0.05) is 26.2 Å². The van der Waals surface area contributed by atoms with Gasteiger partial charge in [-0.1, -0.05) is 38.5 Å². The molecule has 4 rings (SSSR count). The van der Waals surface area contributed by atoms with E-state index >= 15 is 0 Å². The van der Waals surface area contributed by atoms with Crippen molar-refractivity contribution in [1.82, 2.24) is 20.4 Å². The number of rotatable bonds is 8. The lowest BCUT2D eigenvalue weighted by Gasteiger charge is -2.36. The average Bonchev–Trinajstić information content (AvgIpc) is 2.97. The molecule has 0 bridgehead atoms. The van der Waals surface area contributed by atoms with E-state index in [1.165, 1.54) is 25.7 Å². The summed E-state index contributed by atoms with van der Waals surface area (Å²) in [6.45, 7) is 4.02. The first-order valence-electron chi connectivity index (χ1n) is 15.2. The monoisotopic (exact) mass is 544 g/mol. The van der Waals surface area contributed by atoms with Crippen LogP contribution in [0.5, 0.6) is 0 Å². The number of likely N-dealkylation sites (tertiary alicyclic amines) is 1. The first kappa shape index (κ1) is 29.8. The third-order valence-electron chi connectivity index (χ3n) is 8.94. The summed E-state index contributed by atoms with van der Waals surface area (Å²) in [6.07, 6.45) is 12.4. The van der Waals surface area contributed by atoms with Gasteiger partial charge in [-0.25, -0.2) is 9.79 Å². The molecule has 0 aromatic rings. The third-order valence-corrected chi connectivity index (χ3v) is 8.94. The molecule has 0 radical (unpaired) electrons. The maximum atomic E-state index is 13.7. The van der Waals surface area contributed by atoms with Gasteiger partial charge in [0.1, 0.15) is 17.7 Å². The Balaban J connectivity index is 1.49. The van der Waals surface area contributed by atoms with Gasteiger partial charge in [0.05, 0.1) is 25.8 Å². The van der Waals surface area contributed by atoms with Crippen LogP contribution in [-0.4, -0.2) is 98.3 Å². The Labute approximate surface area is 233 Å². The highest BCUT2D eigenvalue weighted by atomic mass is 16.6. The quantitative estimate of drug-likeness (QED) is 0.353. The molecule has 2 aliphatic heterocycles. The number of nitrogens with zero attached hydrogens (tertiary/aromatic N) is 4. The average molecular weight is 545 g/mol. The second-order valence-electron chi connectivity index (χ2n) is 11.9. The standard InChI is InChI=1S/C29H48N6O4/c1-34-14-12-29(22-30,13-15-34)31-21-26(36)25(20-23-8-4-2-5-9-23)32-27(35-16-18-38-19-17-35)33-28(37)39-24-10-6-3-7-11-24/h23-25,31H,2-21H2,1H3,(H,32,33,37). The first-order valence-corrected chi connectivity index (χ1v) is 15.2. The zero-order chi connectivity index (χ0) is 27.5. The Morgan fingerprint density at radius 1 is 1.03 bits per heavy atom. The van der Waals surface area contributed by atoms with Crippen LogP contribution in [0, 0.1) is 17.2 Å². The highest BCUT2D eigenvalue weighted by molar-refractivity contribution is 5.96. The fourth-order valence-electron chi connectivity index (χ4n) is 6.27. The molecule has 1 amide bonds. The van der Waals surface area contributed by atoms with Crippen molar-refractivity contribution in [3.8, 4) is 6.07 Å². The van der Waals surface area contributed by atoms with Gasteiger partial charge in [0.25, 0.3) is 0 Å². The van der Waals surface area contributed by atoms with Crippen LogP contribution in [-0.2, 0) is 14.3 Å². The van der Waals surface area contributed by atoms with E-state index in [1.54, 1.807) is 0 Å². The fraction of sp³-hybridized carbons (Fsp3) is 0.862. The number of hydrogen-bond donors (Lipinski definition) is 2. The molecule has 0 aromatic carbocycles. The highest BCUT2D eigenvalue weighted by Gasteiger charge is 2.35. The van der Waals surface area contributed by atoms with Crippen molar-refractivity contribution in [2.45, 2.75) is 101 Å². The van der Waals surface area contributed by atoms with Crippen LogP contribution in [0.2, 0.25) is 0 Å². The van der Waals surface area contributed by atoms with Gasteiger partial charge in [-0.3, -0.25) is 15.4 Å². The van der Waals surface area contributed by atoms with Crippen molar-refractivity contribution in [3.05, 3.63) is 0 Å². The molecule has 10 nitrogen and oxygen atoms in total. The summed E-state index contributed by atoms with van der Waals surface area (Å²) in [5, 5.41) is 16.2. The lowest BCUT2D eigenvalue weighted by molar-refractivity contribution is -0.120. The number of carbonyl (C=O) groups excluding carboxylic acids is 2. The van der Waals surface area contributed by atoms with Crippen molar-refractivity contribution in [1.29, 1.82) is 5.26 Å². The molecule has 1 unspecified atom stereocenters. The summed E-state index contributed by atoms with van der Waals surface area (Å²) >= 11 is 0. The molecule has 10 heteroatoms. The molecule has 0 aromatic heterocycles. The molecule has 0 spiro atoms. The molecular formula is C29H48N6O4. The number of ketones is 1. The van der Waals surface area contributed by atoms with E-state index in [9.17, 15) is 14.9 Å². The number of carbonyl (C=O) groups is 2. The van der Waals surface area contributed by atoms with Gasteiger partial charge in [0.15, 0.2) is 5.78 Å². The van der Waals surface area contributed by atoms with Crippen molar-refractivity contribution >= 4 is 17.8 Å². The van der Waals surface area contributed by atoms with Gasteiger partial charge in [0.2, 0.25) is 5.96 Å². The Morgan fingerprint density at radius 3 is 2.31 bits per heavy atom. The number of alkyl carbamates (subject to hydrolysis) is 1. The second-order valence-corrected chi connectivity index (χ2v) is 11.9. The minimum absolute atomic E-state index is 0.0256. The number of nitrogens with one attached hydrogen (secondary N) is 2. The summed E-state index contributed by atoms with van der Waals surface area (Å²) in [7, 11) is 2.06. The second kappa shape index (κ2) is 15.0. The Bertz CT molecular complexity index is 863. The number of amides is 1. The van der Waals surface area contributed by atoms with E-state index < -0.39 is 17.7 Å². The fourth-order valence-corrected chi connectivity index (χ4v) is 6.27. The number of morpholine rings is 1. The normalized spacial score (nSPS) is 24.5. The number of piperidine rings is 1. The lowest BCUT2D eigenvalue weighted by atomic mass is 9.84. The highest BCUT2D eigenvalue weighted by Crippen LogP contribution is 2.29. The summed E-state index contributed by atoms with van der Waals surface area (Å²) in [5.41, 5.74) is -0.684. The molecule has 4 aliphatic rings. The minimum atomic E-state index is -0.684. The Hall–Kier alpha value is -2.22. The topological polar surface area (TPSA) is 119 Å². The zero-order valence-electron chi connectivity index (χ0n) is 23.8. The van der Waals surface area contributed by atoms with Crippen molar-refractivity contribution < 1.29 is 19.1 Å². The minimum Gasteiger partial charge on any atom is -0.446 e. The summed E-state index contributed by atoms with van der Waals surface area (Å²) in [5.74, 6) is 0.815. The Kier molecular flexibility index (Phi) is 11.4. The predicted molar refractivity (Wildman–Crippen MR) is 149 cm³/mol. The summed E-state index contributed by atoms with van der Waals surface area (Å²) < 4.78 is 11.3. The van der Waals surface area contributed by atoms with Crippen LogP contribution in [0.15, 0.2) is 4.99 Å². The van der Waals surface area contributed by atoms with Crippen LogP contribution < -0.4 is 10.6 Å². The van der Waals surface area contributed by atoms with Gasteiger partial charge in [-0.2, -0.15) is 5.26 Å². The van der Waals surface area contributed by atoms with Crippen LogP contribution in [0.25, 0.3) is 0 Å². The number of Topliss-reactive ketones (excluding diaryl/α,β-unsaturated/α-hetero) is 1. The smallest absolute Gasteiger partial charge is 0.414 e. The maximum absolute atomic E-state index is 13.7. The van der Waals surface area contributed by atoms with E-state index in [2.05, 4.69) is 28.7 Å². The third kappa shape index (κ3) is 9.16. The maximum Gasteiger partial charge on any atom is 0.414 e. The molecule has 2 saturated heterocycles.